The molecule has 1 aromatic heterocycles. The van der Waals surface area contributed by atoms with Crippen LogP contribution in [-0.2, 0) is 0 Å². The Labute approximate surface area is 135 Å². The van der Waals surface area contributed by atoms with E-state index in [9.17, 15) is 0 Å². The van der Waals surface area contributed by atoms with E-state index in [1.54, 1.807) is 0 Å². The van der Waals surface area contributed by atoms with Crippen LogP contribution < -0.4 is 4.57 Å². The third kappa shape index (κ3) is 2.55. The fourth-order valence-electron chi connectivity index (χ4n) is 2.86. The number of hydrogen-bond donors (Lipinski definition) is 1. The highest BCUT2D eigenvalue weighted by atomic mass is 15.1. The summed E-state index contributed by atoms with van der Waals surface area (Å²) < 4.78 is 2.27. The summed E-state index contributed by atoms with van der Waals surface area (Å²) in [6, 6.07) is 31.3. The van der Waals surface area contributed by atoms with E-state index < -0.39 is 0 Å². The molecule has 2 nitrogen and oxygen atoms in total. The molecule has 4 rings (SSSR count). The Bertz CT molecular complexity index is 838. The van der Waals surface area contributed by atoms with Crippen molar-refractivity contribution < 1.29 is 4.57 Å². The molecule has 0 atom stereocenters. The van der Waals surface area contributed by atoms with Gasteiger partial charge in [0.1, 0.15) is 11.9 Å². The lowest BCUT2D eigenvalue weighted by Gasteiger charge is -2.05. The first-order valence-electron chi connectivity index (χ1n) is 7.73. The first-order chi connectivity index (χ1) is 11.4. The maximum Gasteiger partial charge on any atom is 0.292 e. The molecule has 110 valence electrons. The highest BCUT2D eigenvalue weighted by molar-refractivity contribution is 5.60. The minimum absolute atomic E-state index is 1.08. The number of rotatable bonds is 3. The number of benzene rings is 3. The minimum Gasteiger partial charge on any atom is -0.242 e. The Hall–Kier alpha value is -3.13. The van der Waals surface area contributed by atoms with Gasteiger partial charge < -0.3 is 0 Å². The van der Waals surface area contributed by atoms with Crippen LogP contribution in [0.25, 0.3) is 28.3 Å². The summed E-state index contributed by atoms with van der Waals surface area (Å²) in [7, 11) is 0. The Kier molecular flexibility index (Phi) is 3.49. The number of imidazole rings is 1. The second kappa shape index (κ2) is 5.93. The second-order valence-corrected chi connectivity index (χ2v) is 5.43. The third-order valence-electron chi connectivity index (χ3n) is 3.94. The van der Waals surface area contributed by atoms with E-state index in [4.69, 9.17) is 0 Å². The number of hydrogen-bond acceptors (Lipinski definition) is 0. The van der Waals surface area contributed by atoms with Gasteiger partial charge >= 0.3 is 0 Å². The maximum absolute atomic E-state index is 3.45. The summed E-state index contributed by atoms with van der Waals surface area (Å²) in [6.45, 7) is 0. The molecule has 23 heavy (non-hydrogen) atoms. The van der Waals surface area contributed by atoms with Crippen LogP contribution >= 0.6 is 0 Å². The number of aromatic amines is 1. The van der Waals surface area contributed by atoms with Crippen LogP contribution in [0.4, 0.5) is 0 Å². The number of para-hydroxylation sites is 1. The standard InChI is InChI=1S/C21H16N2/c1-4-10-17(11-5-1)20-16-22-21(18-12-6-2-7-13-18)23(20)19-14-8-3-9-15-19/h1-16H/p+1. The van der Waals surface area contributed by atoms with Crippen molar-refractivity contribution in [3.05, 3.63) is 97.2 Å². The van der Waals surface area contributed by atoms with Gasteiger partial charge in [-0.15, -0.1) is 0 Å². The molecule has 0 aliphatic heterocycles. The average Bonchev–Trinajstić information content (AvgIpc) is 3.09. The van der Waals surface area contributed by atoms with Gasteiger partial charge in [-0.2, -0.15) is 4.57 Å². The maximum atomic E-state index is 3.45. The molecule has 0 spiro atoms. The van der Waals surface area contributed by atoms with Crippen LogP contribution in [0.2, 0.25) is 0 Å². The molecule has 0 aliphatic carbocycles. The third-order valence-corrected chi connectivity index (χ3v) is 3.94. The van der Waals surface area contributed by atoms with Gasteiger partial charge in [-0.1, -0.05) is 66.7 Å². The van der Waals surface area contributed by atoms with Crippen molar-refractivity contribution in [2.24, 2.45) is 0 Å². The number of nitrogens with zero attached hydrogens (tertiary/aromatic N) is 1. The molecule has 0 aliphatic rings. The topological polar surface area (TPSA) is 19.7 Å². The Morgan fingerprint density at radius 2 is 1.09 bits per heavy atom. The lowest BCUT2D eigenvalue weighted by atomic mass is 10.1. The average molecular weight is 297 g/mol. The van der Waals surface area contributed by atoms with Gasteiger partial charge in [-0.25, -0.2) is 4.98 Å². The summed E-state index contributed by atoms with van der Waals surface area (Å²) >= 11 is 0. The van der Waals surface area contributed by atoms with Crippen LogP contribution in [0.5, 0.6) is 0 Å². The monoisotopic (exact) mass is 297 g/mol. The van der Waals surface area contributed by atoms with Crippen LogP contribution in [0, 0.1) is 0 Å². The molecule has 0 saturated carbocycles. The molecule has 0 saturated heterocycles. The minimum atomic E-state index is 1.08. The van der Waals surface area contributed by atoms with Gasteiger partial charge in [0.25, 0.3) is 5.82 Å². The van der Waals surface area contributed by atoms with E-state index in [1.807, 2.05) is 18.2 Å². The largest absolute Gasteiger partial charge is 0.292 e. The molecule has 0 bridgehead atoms. The SMILES string of the molecule is c1ccc(-c2c[nH]c(-c3ccccc3)[n+]2-c2ccccc2)cc1. The molecule has 3 aromatic carbocycles. The van der Waals surface area contributed by atoms with Gasteiger partial charge in [0.15, 0.2) is 5.69 Å². The van der Waals surface area contributed by atoms with Crippen LogP contribution in [0.1, 0.15) is 0 Å². The molecular weight excluding hydrogens is 280 g/mol. The van der Waals surface area contributed by atoms with Crippen LogP contribution in [0.15, 0.2) is 97.2 Å². The Morgan fingerprint density at radius 3 is 1.70 bits per heavy atom. The summed E-state index contributed by atoms with van der Waals surface area (Å²) in [5.41, 5.74) is 4.65. The van der Waals surface area contributed by atoms with Gasteiger partial charge in [0, 0.05) is 5.56 Å². The summed E-state index contributed by atoms with van der Waals surface area (Å²) in [5, 5.41) is 0. The molecule has 0 amide bonds. The van der Waals surface area contributed by atoms with Gasteiger partial charge in [0.05, 0.1) is 5.56 Å². The van der Waals surface area contributed by atoms with Crippen molar-refractivity contribution in [1.29, 1.82) is 0 Å². The fourth-order valence-corrected chi connectivity index (χ4v) is 2.86. The van der Waals surface area contributed by atoms with E-state index in [1.165, 1.54) is 11.1 Å². The molecular formula is C21H17N2+. The van der Waals surface area contributed by atoms with Crippen molar-refractivity contribution in [3.8, 4) is 28.3 Å². The first-order valence-corrected chi connectivity index (χ1v) is 7.73. The van der Waals surface area contributed by atoms with Crippen molar-refractivity contribution in [2.75, 3.05) is 0 Å². The quantitative estimate of drug-likeness (QED) is 0.532. The first kappa shape index (κ1) is 13.5. The summed E-state index contributed by atoms with van der Waals surface area (Å²) in [6.07, 6.45) is 2.07. The Balaban J connectivity index is 1.97. The highest BCUT2D eigenvalue weighted by Crippen LogP contribution is 2.22. The zero-order valence-corrected chi connectivity index (χ0v) is 12.7. The molecule has 1 N–H and O–H groups in total. The van der Waals surface area contributed by atoms with Gasteiger partial charge in [-0.3, -0.25) is 0 Å². The van der Waals surface area contributed by atoms with Crippen LogP contribution in [0.3, 0.4) is 0 Å². The number of nitrogens with one attached hydrogen (secondary N) is 1. The van der Waals surface area contributed by atoms with Crippen molar-refractivity contribution in [3.63, 3.8) is 0 Å². The molecule has 4 aromatic rings. The molecule has 0 radical (unpaired) electrons. The molecule has 1 heterocycles. The lowest BCUT2D eigenvalue weighted by Crippen LogP contribution is -2.33. The van der Waals surface area contributed by atoms with E-state index in [0.29, 0.717) is 0 Å². The summed E-state index contributed by atoms with van der Waals surface area (Å²) in [5.74, 6) is 1.08. The van der Waals surface area contributed by atoms with Gasteiger partial charge in [-0.05, 0) is 24.3 Å². The Morgan fingerprint density at radius 1 is 0.565 bits per heavy atom. The summed E-state index contributed by atoms with van der Waals surface area (Å²) in [4.78, 5) is 3.45. The fraction of sp³-hybridized carbons (Fsp3) is 0. The molecule has 2 heteroatoms. The highest BCUT2D eigenvalue weighted by Gasteiger charge is 2.22. The van der Waals surface area contributed by atoms with E-state index in [0.717, 1.165) is 17.2 Å². The molecule has 0 fully saturated rings. The van der Waals surface area contributed by atoms with Crippen molar-refractivity contribution in [1.82, 2.24) is 4.98 Å². The number of H-pyrrole nitrogens is 1. The normalized spacial score (nSPS) is 10.6. The van der Waals surface area contributed by atoms with Crippen LogP contribution in [-0.4, -0.2) is 4.98 Å². The van der Waals surface area contributed by atoms with Crippen molar-refractivity contribution >= 4 is 0 Å². The second-order valence-electron chi connectivity index (χ2n) is 5.43. The smallest absolute Gasteiger partial charge is 0.242 e. The zero-order chi connectivity index (χ0) is 15.5. The van der Waals surface area contributed by atoms with E-state index >= 15 is 0 Å². The predicted octanol–water partition coefficient (Wildman–Crippen LogP) is 4.63. The van der Waals surface area contributed by atoms with E-state index in [2.05, 4.69) is 88.5 Å². The van der Waals surface area contributed by atoms with Gasteiger partial charge in [0.2, 0.25) is 0 Å². The lowest BCUT2D eigenvalue weighted by molar-refractivity contribution is -0.570. The van der Waals surface area contributed by atoms with E-state index in [-0.39, 0.29) is 0 Å². The molecule has 0 unspecified atom stereocenters. The zero-order valence-electron chi connectivity index (χ0n) is 12.7. The predicted molar refractivity (Wildman–Crippen MR) is 93.2 cm³/mol. The van der Waals surface area contributed by atoms with Crippen molar-refractivity contribution in [2.45, 2.75) is 0 Å². The number of aromatic nitrogens is 2.